The molecule has 0 saturated heterocycles. The van der Waals surface area contributed by atoms with Gasteiger partial charge in [-0.15, -0.1) is 0 Å². The van der Waals surface area contributed by atoms with E-state index in [2.05, 4.69) is 25.8 Å². The normalized spacial score (nSPS) is 10.4. The molecule has 0 fully saturated rings. The summed E-state index contributed by atoms with van der Waals surface area (Å²) in [6.45, 7) is 2.01. The Morgan fingerprint density at radius 2 is 2.44 bits per heavy atom. The van der Waals surface area contributed by atoms with Crippen LogP contribution in [0.1, 0.15) is 23.1 Å². The summed E-state index contributed by atoms with van der Waals surface area (Å²) in [6.07, 6.45) is 2.19. The average molecular weight is 220 g/mol. The van der Waals surface area contributed by atoms with Crippen molar-refractivity contribution in [3.63, 3.8) is 0 Å². The number of anilines is 1. The maximum Gasteiger partial charge on any atom is 0.278 e. The van der Waals surface area contributed by atoms with Crippen molar-refractivity contribution in [3.05, 3.63) is 23.7 Å². The molecule has 0 unspecified atom stereocenters. The third kappa shape index (κ3) is 1.92. The molecule has 0 saturated carbocycles. The lowest BCUT2D eigenvalue weighted by Gasteiger charge is -2.01. The first kappa shape index (κ1) is 10.3. The van der Waals surface area contributed by atoms with Gasteiger partial charge in [0.15, 0.2) is 5.69 Å². The van der Waals surface area contributed by atoms with E-state index < -0.39 is 0 Å². The van der Waals surface area contributed by atoms with E-state index in [1.807, 2.05) is 13.0 Å². The van der Waals surface area contributed by atoms with E-state index in [-0.39, 0.29) is 11.6 Å². The van der Waals surface area contributed by atoms with Crippen molar-refractivity contribution in [1.82, 2.24) is 25.2 Å². The van der Waals surface area contributed by atoms with Crippen molar-refractivity contribution in [2.45, 2.75) is 13.3 Å². The molecule has 0 bridgehead atoms. The van der Waals surface area contributed by atoms with Gasteiger partial charge in [0.2, 0.25) is 0 Å². The molecule has 7 nitrogen and oxygen atoms in total. The van der Waals surface area contributed by atoms with Crippen molar-refractivity contribution < 1.29 is 4.79 Å². The zero-order valence-electron chi connectivity index (χ0n) is 9.06. The van der Waals surface area contributed by atoms with Gasteiger partial charge >= 0.3 is 0 Å². The highest BCUT2D eigenvalue weighted by atomic mass is 16.2. The summed E-state index contributed by atoms with van der Waals surface area (Å²) in [6, 6.07) is 1.83. The van der Waals surface area contributed by atoms with Gasteiger partial charge in [-0.05, 0) is 6.42 Å². The first-order valence-electron chi connectivity index (χ1n) is 4.90. The lowest BCUT2D eigenvalue weighted by atomic mass is 10.3. The van der Waals surface area contributed by atoms with E-state index in [1.165, 1.54) is 6.20 Å². The molecule has 0 aliphatic rings. The molecule has 2 aromatic rings. The van der Waals surface area contributed by atoms with Crippen LogP contribution in [-0.2, 0) is 13.5 Å². The van der Waals surface area contributed by atoms with Gasteiger partial charge in [0.25, 0.3) is 5.91 Å². The fourth-order valence-electron chi connectivity index (χ4n) is 1.31. The summed E-state index contributed by atoms with van der Waals surface area (Å²) in [7, 11) is 1.78. The Bertz CT molecular complexity index is 486. The highest BCUT2D eigenvalue weighted by Crippen LogP contribution is 2.10. The first-order valence-corrected chi connectivity index (χ1v) is 4.90. The van der Waals surface area contributed by atoms with Crippen molar-refractivity contribution >= 4 is 11.7 Å². The van der Waals surface area contributed by atoms with Crippen LogP contribution in [0.25, 0.3) is 0 Å². The van der Waals surface area contributed by atoms with E-state index in [0.29, 0.717) is 5.82 Å². The molecule has 0 atom stereocenters. The fourth-order valence-corrected chi connectivity index (χ4v) is 1.31. The number of hydrogen-bond donors (Lipinski definition) is 2. The summed E-state index contributed by atoms with van der Waals surface area (Å²) < 4.78 is 1.62. The molecule has 0 spiro atoms. The van der Waals surface area contributed by atoms with Crippen molar-refractivity contribution in [2.24, 2.45) is 7.05 Å². The molecular weight excluding hydrogens is 208 g/mol. The second-order valence-electron chi connectivity index (χ2n) is 3.31. The van der Waals surface area contributed by atoms with E-state index in [0.717, 1.165) is 12.1 Å². The molecule has 2 rings (SSSR count). The number of rotatable bonds is 3. The second-order valence-corrected chi connectivity index (χ2v) is 3.31. The number of hydrogen-bond acceptors (Lipinski definition) is 4. The lowest BCUT2D eigenvalue weighted by Crippen LogP contribution is -2.14. The second kappa shape index (κ2) is 4.13. The quantitative estimate of drug-likeness (QED) is 0.781. The highest BCUT2D eigenvalue weighted by molar-refractivity contribution is 6.02. The van der Waals surface area contributed by atoms with Crippen LogP contribution in [0.2, 0.25) is 0 Å². The van der Waals surface area contributed by atoms with Crippen LogP contribution in [0.4, 0.5) is 5.82 Å². The van der Waals surface area contributed by atoms with E-state index in [1.54, 1.807) is 11.7 Å². The maximum atomic E-state index is 11.7. The molecule has 0 aromatic carbocycles. The Hall–Kier alpha value is -2.18. The van der Waals surface area contributed by atoms with Gasteiger partial charge in [0.05, 0.1) is 11.9 Å². The number of aromatic nitrogens is 5. The number of nitrogens with one attached hydrogen (secondary N) is 2. The van der Waals surface area contributed by atoms with Crippen molar-refractivity contribution in [1.29, 1.82) is 0 Å². The molecule has 2 N–H and O–H groups in total. The number of amides is 1. The third-order valence-corrected chi connectivity index (χ3v) is 2.18. The van der Waals surface area contributed by atoms with Crippen LogP contribution in [0, 0.1) is 0 Å². The summed E-state index contributed by atoms with van der Waals surface area (Å²) in [5, 5.41) is 16.6. The SMILES string of the molecule is CCc1cc(NC(=O)c2cn[nH]n2)n(C)n1. The zero-order valence-corrected chi connectivity index (χ0v) is 9.06. The number of carbonyl (C=O) groups excluding carboxylic acids is 1. The smallest absolute Gasteiger partial charge is 0.278 e. The van der Waals surface area contributed by atoms with E-state index >= 15 is 0 Å². The van der Waals surface area contributed by atoms with Crippen LogP contribution in [0.15, 0.2) is 12.3 Å². The van der Waals surface area contributed by atoms with Gasteiger partial charge in [-0.3, -0.25) is 9.48 Å². The molecule has 0 radical (unpaired) electrons. The number of nitrogens with zero attached hydrogens (tertiary/aromatic N) is 4. The van der Waals surface area contributed by atoms with Crippen LogP contribution in [0.3, 0.4) is 0 Å². The largest absolute Gasteiger partial charge is 0.305 e. The topological polar surface area (TPSA) is 88.5 Å². The first-order chi connectivity index (χ1) is 7.70. The highest BCUT2D eigenvalue weighted by Gasteiger charge is 2.11. The Morgan fingerprint density at radius 1 is 1.62 bits per heavy atom. The molecule has 2 aromatic heterocycles. The molecule has 7 heteroatoms. The molecule has 2 heterocycles. The monoisotopic (exact) mass is 220 g/mol. The Kier molecular flexibility index (Phi) is 2.67. The van der Waals surface area contributed by atoms with Gasteiger partial charge in [0.1, 0.15) is 5.82 Å². The lowest BCUT2D eigenvalue weighted by molar-refractivity contribution is 0.102. The summed E-state index contributed by atoms with van der Waals surface area (Å²) in [4.78, 5) is 11.7. The molecule has 16 heavy (non-hydrogen) atoms. The van der Waals surface area contributed by atoms with Gasteiger partial charge in [-0.1, -0.05) is 6.92 Å². The van der Waals surface area contributed by atoms with Crippen LogP contribution < -0.4 is 5.32 Å². The van der Waals surface area contributed by atoms with Crippen molar-refractivity contribution in [3.8, 4) is 0 Å². The number of aryl methyl sites for hydroxylation is 2. The van der Waals surface area contributed by atoms with Crippen LogP contribution in [0.5, 0.6) is 0 Å². The molecule has 84 valence electrons. The minimum Gasteiger partial charge on any atom is -0.305 e. The molecule has 1 amide bonds. The number of aromatic amines is 1. The summed E-state index contributed by atoms with van der Waals surface area (Å²) in [5.41, 5.74) is 1.18. The fraction of sp³-hybridized carbons (Fsp3) is 0.333. The number of H-pyrrole nitrogens is 1. The van der Waals surface area contributed by atoms with Crippen molar-refractivity contribution in [2.75, 3.05) is 5.32 Å². The standard InChI is InChI=1S/C9H12N6O/c1-3-6-4-8(15(2)13-6)11-9(16)7-5-10-14-12-7/h4-5H,3H2,1-2H3,(H,11,16)(H,10,12,14). The Balaban J connectivity index is 2.15. The van der Waals surface area contributed by atoms with Crippen LogP contribution >= 0.6 is 0 Å². The van der Waals surface area contributed by atoms with E-state index in [4.69, 9.17) is 0 Å². The average Bonchev–Trinajstić information content (AvgIpc) is 2.88. The number of carbonyl (C=O) groups is 1. The van der Waals surface area contributed by atoms with Gasteiger partial charge < -0.3 is 5.32 Å². The zero-order chi connectivity index (χ0) is 11.5. The predicted molar refractivity (Wildman–Crippen MR) is 56.9 cm³/mol. The Morgan fingerprint density at radius 3 is 3.00 bits per heavy atom. The van der Waals surface area contributed by atoms with Gasteiger partial charge in [0, 0.05) is 13.1 Å². The minimum absolute atomic E-state index is 0.249. The Labute approximate surface area is 91.9 Å². The van der Waals surface area contributed by atoms with Crippen LogP contribution in [-0.4, -0.2) is 31.1 Å². The molecule has 0 aliphatic heterocycles. The summed E-state index contributed by atoms with van der Waals surface area (Å²) in [5.74, 6) is 0.337. The minimum atomic E-state index is -0.306. The van der Waals surface area contributed by atoms with Gasteiger partial charge in [-0.25, -0.2) is 0 Å². The van der Waals surface area contributed by atoms with Gasteiger partial charge in [-0.2, -0.15) is 20.5 Å². The molecule has 0 aliphatic carbocycles. The summed E-state index contributed by atoms with van der Waals surface area (Å²) >= 11 is 0. The van der Waals surface area contributed by atoms with E-state index in [9.17, 15) is 4.79 Å². The molecular formula is C9H12N6O. The predicted octanol–water partition coefficient (Wildman–Crippen LogP) is 0.353. The maximum absolute atomic E-state index is 11.7. The third-order valence-electron chi connectivity index (χ3n) is 2.18.